The lowest BCUT2D eigenvalue weighted by molar-refractivity contribution is -0.143. The number of aliphatic hydroxyl groups excluding tert-OH is 1. The van der Waals surface area contributed by atoms with E-state index in [1.165, 1.54) is 0 Å². The first-order chi connectivity index (χ1) is 11.0. The highest BCUT2D eigenvalue weighted by molar-refractivity contribution is 5.84. The van der Waals surface area contributed by atoms with Gasteiger partial charge in [-0.3, -0.25) is 9.48 Å². The molecule has 2 heterocycles. The van der Waals surface area contributed by atoms with E-state index < -0.39 is 24.7 Å². The second-order valence-corrected chi connectivity index (χ2v) is 6.70. The zero-order chi connectivity index (χ0) is 18.2. The Morgan fingerprint density at radius 3 is 2.58 bits per heavy atom. The first-order valence-corrected chi connectivity index (χ1v) is 8.08. The first kappa shape index (κ1) is 18.8. The molecule has 0 bridgehead atoms. The van der Waals surface area contributed by atoms with Crippen LogP contribution in [0.5, 0.6) is 0 Å². The van der Waals surface area contributed by atoms with Crippen molar-refractivity contribution < 1.29 is 23.1 Å². The van der Waals surface area contributed by atoms with E-state index in [2.05, 4.69) is 5.10 Å². The minimum absolute atomic E-state index is 0.141. The van der Waals surface area contributed by atoms with Crippen LogP contribution in [-0.4, -0.2) is 51.1 Å². The Kier molecular flexibility index (Phi) is 5.27. The fourth-order valence-electron chi connectivity index (χ4n) is 3.31. The molecule has 1 saturated heterocycles. The number of carbonyl (C=O) groups is 1. The average molecular weight is 347 g/mol. The Hall–Kier alpha value is -1.57. The first-order valence-electron chi connectivity index (χ1n) is 8.08. The van der Waals surface area contributed by atoms with E-state index in [0.29, 0.717) is 29.9 Å². The van der Waals surface area contributed by atoms with Crippen LogP contribution in [0.4, 0.5) is 13.2 Å². The maximum atomic E-state index is 12.7. The minimum atomic E-state index is -4.36. The van der Waals surface area contributed by atoms with Crippen molar-refractivity contribution in [3.63, 3.8) is 0 Å². The number of aromatic nitrogens is 2. The van der Waals surface area contributed by atoms with Gasteiger partial charge in [-0.1, -0.05) is 6.92 Å². The van der Waals surface area contributed by atoms with Crippen molar-refractivity contribution in [1.82, 2.24) is 14.7 Å². The molecular weight excluding hydrogens is 323 g/mol. The lowest BCUT2D eigenvalue weighted by Crippen LogP contribution is -2.47. The molecule has 3 atom stereocenters. The molecule has 136 valence electrons. The number of rotatable bonds is 3. The standard InChI is InChI=1S/C16H24F3N3O2/c1-9-5-6-21(7-13(9)23)15(24)10(2)14-11(3)20-22(12(14)4)8-16(17,18)19/h9-10,13,23H,5-8H2,1-4H3/t9-,10-,13-/m0/s1. The zero-order valence-corrected chi connectivity index (χ0v) is 14.4. The van der Waals surface area contributed by atoms with Gasteiger partial charge in [0.15, 0.2) is 0 Å². The molecule has 0 unspecified atom stereocenters. The molecule has 1 aromatic heterocycles. The van der Waals surface area contributed by atoms with E-state index in [0.717, 1.165) is 4.68 Å². The van der Waals surface area contributed by atoms with E-state index in [9.17, 15) is 23.1 Å². The van der Waals surface area contributed by atoms with E-state index in [-0.39, 0.29) is 18.4 Å². The summed E-state index contributed by atoms with van der Waals surface area (Å²) in [6.07, 6.45) is -4.21. The average Bonchev–Trinajstić information content (AvgIpc) is 2.73. The van der Waals surface area contributed by atoms with E-state index in [4.69, 9.17) is 0 Å². The van der Waals surface area contributed by atoms with Crippen LogP contribution in [-0.2, 0) is 11.3 Å². The molecule has 0 aromatic carbocycles. The van der Waals surface area contributed by atoms with Crippen LogP contribution in [0.3, 0.4) is 0 Å². The zero-order valence-electron chi connectivity index (χ0n) is 14.4. The summed E-state index contributed by atoms with van der Waals surface area (Å²) in [4.78, 5) is 14.3. The summed E-state index contributed by atoms with van der Waals surface area (Å²) in [5.41, 5.74) is 1.33. The third-order valence-corrected chi connectivity index (χ3v) is 4.80. The Balaban J connectivity index is 2.20. The highest BCUT2D eigenvalue weighted by atomic mass is 19.4. The van der Waals surface area contributed by atoms with E-state index >= 15 is 0 Å². The smallest absolute Gasteiger partial charge is 0.391 e. The van der Waals surface area contributed by atoms with Gasteiger partial charge in [0.1, 0.15) is 6.54 Å². The van der Waals surface area contributed by atoms with Crippen LogP contribution in [0.25, 0.3) is 0 Å². The number of β-amino-alcohol motifs (C(OH)–C–C–N with tert-alkyl or cyclic N) is 1. The molecule has 0 saturated carbocycles. The third kappa shape index (κ3) is 3.91. The number of piperidine rings is 1. The van der Waals surface area contributed by atoms with Crippen molar-refractivity contribution in [3.8, 4) is 0 Å². The van der Waals surface area contributed by atoms with Gasteiger partial charge in [-0.25, -0.2) is 0 Å². The summed E-state index contributed by atoms with van der Waals surface area (Å²) >= 11 is 0. The Bertz CT molecular complexity index is 612. The maximum Gasteiger partial charge on any atom is 0.408 e. The SMILES string of the molecule is Cc1nn(CC(F)(F)F)c(C)c1[C@H](C)C(=O)N1CC[C@H](C)[C@@H](O)C1. The number of alkyl halides is 3. The molecule has 1 aliphatic heterocycles. The highest BCUT2D eigenvalue weighted by Gasteiger charge is 2.34. The number of likely N-dealkylation sites (tertiary alicyclic amines) is 1. The van der Waals surface area contributed by atoms with Crippen LogP contribution in [0, 0.1) is 19.8 Å². The molecule has 2 rings (SSSR count). The Labute approximate surface area is 139 Å². The predicted octanol–water partition coefficient (Wildman–Crippen LogP) is 2.40. The molecule has 5 nitrogen and oxygen atoms in total. The van der Waals surface area contributed by atoms with E-state index in [1.54, 1.807) is 25.7 Å². The van der Waals surface area contributed by atoms with Gasteiger partial charge in [-0.2, -0.15) is 18.3 Å². The van der Waals surface area contributed by atoms with Crippen molar-refractivity contribution in [3.05, 3.63) is 17.0 Å². The molecule has 1 fully saturated rings. The molecular formula is C16H24F3N3O2. The van der Waals surface area contributed by atoms with E-state index in [1.807, 2.05) is 6.92 Å². The molecule has 1 N–H and O–H groups in total. The number of halogens is 3. The molecule has 24 heavy (non-hydrogen) atoms. The second kappa shape index (κ2) is 6.74. The van der Waals surface area contributed by atoms with Gasteiger partial charge in [0.2, 0.25) is 5.91 Å². The molecule has 1 aromatic rings. The molecule has 0 spiro atoms. The number of carbonyl (C=O) groups excluding carboxylic acids is 1. The van der Waals surface area contributed by atoms with Gasteiger partial charge in [0, 0.05) is 24.3 Å². The summed E-state index contributed by atoms with van der Waals surface area (Å²) in [5.74, 6) is -0.631. The van der Waals surface area contributed by atoms with Crippen molar-refractivity contribution in [2.75, 3.05) is 13.1 Å². The number of aryl methyl sites for hydroxylation is 1. The Morgan fingerprint density at radius 2 is 2.04 bits per heavy atom. The van der Waals surface area contributed by atoms with Crippen molar-refractivity contribution in [1.29, 1.82) is 0 Å². The third-order valence-electron chi connectivity index (χ3n) is 4.80. The summed E-state index contributed by atoms with van der Waals surface area (Å²) < 4.78 is 38.8. The number of nitrogens with zero attached hydrogens (tertiary/aromatic N) is 3. The van der Waals surface area contributed by atoms with Gasteiger partial charge >= 0.3 is 6.18 Å². The molecule has 1 aliphatic rings. The highest BCUT2D eigenvalue weighted by Crippen LogP contribution is 2.29. The normalized spacial score (nSPS) is 23.4. The molecule has 0 aliphatic carbocycles. The predicted molar refractivity (Wildman–Crippen MR) is 82.5 cm³/mol. The van der Waals surface area contributed by atoms with Crippen LogP contribution in [0.1, 0.15) is 43.1 Å². The molecule has 8 heteroatoms. The summed E-state index contributed by atoms with van der Waals surface area (Å²) in [6, 6.07) is 0. The van der Waals surface area contributed by atoms with Crippen LogP contribution < -0.4 is 0 Å². The number of hydrogen-bond acceptors (Lipinski definition) is 3. The van der Waals surface area contributed by atoms with Gasteiger partial charge in [-0.05, 0) is 33.1 Å². The monoisotopic (exact) mass is 347 g/mol. The second-order valence-electron chi connectivity index (χ2n) is 6.70. The summed E-state index contributed by atoms with van der Waals surface area (Å²) in [7, 11) is 0. The summed E-state index contributed by atoms with van der Waals surface area (Å²) in [6.45, 7) is 6.44. The number of hydrogen-bond donors (Lipinski definition) is 1. The maximum absolute atomic E-state index is 12.7. The summed E-state index contributed by atoms with van der Waals surface area (Å²) in [5, 5.41) is 13.9. The van der Waals surface area contributed by atoms with Gasteiger partial charge < -0.3 is 10.0 Å². The minimum Gasteiger partial charge on any atom is -0.391 e. The van der Waals surface area contributed by atoms with Gasteiger partial charge in [-0.15, -0.1) is 0 Å². The van der Waals surface area contributed by atoms with Crippen LogP contribution in [0.2, 0.25) is 0 Å². The molecule has 0 radical (unpaired) electrons. The Morgan fingerprint density at radius 1 is 1.42 bits per heavy atom. The lowest BCUT2D eigenvalue weighted by Gasteiger charge is -2.35. The lowest BCUT2D eigenvalue weighted by atomic mass is 9.93. The van der Waals surface area contributed by atoms with Crippen molar-refractivity contribution in [2.45, 2.75) is 58.9 Å². The van der Waals surface area contributed by atoms with Crippen LogP contribution >= 0.6 is 0 Å². The van der Waals surface area contributed by atoms with Crippen LogP contribution in [0.15, 0.2) is 0 Å². The topological polar surface area (TPSA) is 58.4 Å². The van der Waals surface area contributed by atoms with Gasteiger partial charge in [0.25, 0.3) is 0 Å². The number of amides is 1. The molecule has 1 amide bonds. The van der Waals surface area contributed by atoms with Gasteiger partial charge in [0.05, 0.1) is 17.7 Å². The fraction of sp³-hybridized carbons (Fsp3) is 0.750. The largest absolute Gasteiger partial charge is 0.408 e. The fourth-order valence-corrected chi connectivity index (χ4v) is 3.31. The quantitative estimate of drug-likeness (QED) is 0.913. The van der Waals surface area contributed by atoms with Crippen molar-refractivity contribution >= 4 is 5.91 Å². The number of aliphatic hydroxyl groups is 1. The van der Waals surface area contributed by atoms with Crippen molar-refractivity contribution in [2.24, 2.45) is 5.92 Å².